The summed E-state index contributed by atoms with van der Waals surface area (Å²) < 4.78 is 45.9. The van der Waals surface area contributed by atoms with Crippen LogP contribution >= 0.6 is 0 Å². The van der Waals surface area contributed by atoms with Crippen LogP contribution in [0.5, 0.6) is 6.01 Å². The molecule has 4 aromatic rings. The summed E-state index contributed by atoms with van der Waals surface area (Å²) >= 11 is 0. The number of anilines is 2. The Morgan fingerprint density at radius 3 is 2.34 bits per heavy atom. The molecule has 0 radical (unpaired) electrons. The lowest BCUT2D eigenvalue weighted by molar-refractivity contribution is -0.137. The average molecular weight is 477 g/mol. The van der Waals surface area contributed by atoms with Crippen LogP contribution in [0.15, 0.2) is 60.8 Å². The second-order valence-electron chi connectivity index (χ2n) is 8.51. The maximum Gasteiger partial charge on any atom is 0.418 e. The first-order chi connectivity index (χ1) is 16.5. The van der Waals surface area contributed by atoms with Gasteiger partial charge in [0.25, 0.3) is 0 Å². The largest absolute Gasteiger partial charge is 0.467 e. The van der Waals surface area contributed by atoms with Crippen molar-refractivity contribution in [2.45, 2.75) is 25.4 Å². The first kappa shape index (κ1) is 24.0. The molecular formula is C26H22F3N5O. The molecule has 0 aliphatic rings. The number of ether oxygens (including phenoxy) is 1. The molecule has 0 fully saturated rings. The second-order valence-corrected chi connectivity index (χ2v) is 8.51. The van der Waals surface area contributed by atoms with E-state index in [9.17, 15) is 18.4 Å². The van der Waals surface area contributed by atoms with Gasteiger partial charge in [0.05, 0.1) is 35.4 Å². The molecule has 4 rings (SSSR count). The third-order valence-corrected chi connectivity index (χ3v) is 5.80. The van der Waals surface area contributed by atoms with Gasteiger partial charge in [-0.3, -0.25) is 4.98 Å². The Balaban J connectivity index is 1.82. The van der Waals surface area contributed by atoms with Crippen LogP contribution in [0.2, 0.25) is 0 Å². The zero-order valence-electron chi connectivity index (χ0n) is 19.6. The van der Waals surface area contributed by atoms with Crippen molar-refractivity contribution < 1.29 is 17.9 Å². The predicted octanol–water partition coefficient (Wildman–Crippen LogP) is 6.29. The molecule has 0 atom stereocenters. The number of aromatic nitrogens is 3. The van der Waals surface area contributed by atoms with E-state index in [0.29, 0.717) is 16.7 Å². The summed E-state index contributed by atoms with van der Waals surface area (Å²) in [6.07, 6.45) is -3.22. The molecule has 0 spiro atoms. The molecule has 178 valence electrons. The molecule has 2 heterocycles. The van der Waals surface area contributed by atoms with Gasteiger partial charge in [-0.15, -0.1) is 0 Å². The number of pyridine rings is 1. The number of alkyl halides is 3. The SMILES string of the molecule is COc1nc(N(C)c2ccc(C(C)(C)C#N)cc2)c2ccc(-c3ncccc3C(F)(F)F)cc2n1. The summed E-state index contributed by atoms with van der Waals surface area (Å²) in [4.78, 5) is 14.7. The van der Waals surface area contributed by atoms with E-state index in [1.165, 1.54) is 19.4 Å². The molecule has 0 aliphatic carbocycles. The van der Waals surface area contributed by atoms with E-state index in [4.69, 9.17) is 4.74 Å². The van der Waals surface area contributed by atoms with Gasteiger partial charge in [-0.25, -0.2) is 0 Å². The smallest absolute Gasteiger partial charge is 0.418 e. The van der Waals surface area contributed by atoms with Gasteiger partial charge in [0, 0.05) is 29.9 Å². The van der Waals surface area contributed by atoms with Crippen molar-refractivity contribution in [1.29, 1.82) is 5.26 Å². The minimum atomic E-state index is -4.54. The molecule has 0 unspecified atom stereocenters. The third-order valence-electron chi connectivity index (χ3n) is 5.80. The maximum absolute atomic E-state index is 13.5. The molecule has 2 aromatic heterocycles. The van der Waals surface area contributed by atoms with Crippen molar-refractivity contribution in [3.05, 3.63) is 71.9 Å². The Hall–Kier alpha value is -4.19. The van der Waals surface area contributed by atoms with Gasteiger partial charge < -0.3 is 9.64 Å². The molecule has 0 saturated carbocycles. The van der Waals surface area contributed by atoms with E-state index in [1.54, 1.807) is 18.2 Å². The molecule has 0 amide bonds. The molecule has 9 heteroatoms. The number of fused-ring (bicyclic) bond motifs is 1. The normalized spacial score (nSPS) is 11.8. The fraction of sp³-hybridized carbons (Fsp3) is 0.231. The minimum absolute atomic E-state index is 0.0794. The van der Waals surface area contributed by atoms with E-state index < -0.39 is 17.2 Å². The highest BCUT2D eigenvalue weighted by Gasteiger charge is 2.34. The minimum Gasteiger partial charge on any atom is -0.467 e. The fourth-order valence-corrected chi connectivity index (χ4v) is 3.74. The van der Waals surface area contributed by atoms with Gasteiger partial charge in [0.1, 0.15) is 5.82 Å². The Morgan fingerprint density at radius 1 is 1.00 bits per heavy atom. The molecule has 2 aromatic carbocycles. The molecule has 35 heavy (non-hydrogen) atoms. The van der Waals surface area contributed by atoms with Crippen LogP contribution in [0.1, 0.15) is 25.0 Å². The monoisotopic (exact) mass is 477 g/mol. The van der Waals surface area contributed by atoms with Crippen LogP contribution in [0, 0.1) is 11.3 Å². The highest BCUT2D eigenvalue weighted by Crippen LogP contribution is 2.38. The van der Waals surface area contributed by atoms with E-state index >= 15 is 0 Å². The lowest BCUT2D eigenvalue weighted by Crippen LogP contribution is -2.15. The van der Waals surface area contributed by atoms with Gasteiger partial charge in [-0.2, -0.15) is 28.4 Å². The van der Waals surface area contributed by atoms with Gasteiger partial charge >= 0.3 is 12.2 Å². The van der Waals surface area contributed by atoms with Gasteiger partial charge in [-0.1, -0.05) is 18.2 Å². The quantitative estimate of drug-likeness (QED) is 0.336. The Bertz CT molecular complexity index is 1430. The van der Waals surface area contributed by atoms with Gasteiger partial charge in [0.2, 0.25) is 0 Å². The lowest BCUT2D eigenvalue weighted by atomic mass is 9.86. The molecule has 6 nitrogen and oxygen atoms in total. The van der Waals surface area contributed by atoms with Crippen molar-refractivity contribution in [3.63, 3.8) is 0 Å². The number of hydrogen-bond acceptors (Lipinski definition) is 6. The first-order valence-corrected chi connectivity index (χ1v) is 10.7. The summed E-state index contributed by atoms with van der Waals surface area (Å²) in [6.45, 7) is 3.69. The Kier molecular flexibility index (Phi) is 6.07. The number of nitriles is 1. The summed E-state index contributed by atoms with van der Waals surface area (Å²) in [5.74, 6) is 0.516. The lowest BCUT2D eigenvalue weighted by Gasteiger charge is -2.22. The molecular weight excluding hydrogens is 455 g/mol. The van der Waals surface area contributed by atoms with Gasteiger partial charge in [-0.05, 0) is 55.8 Å². The zero-order valence-corrected chi connectivity index (χ0v) is 19.6. The Labute approximate surface area is 200 Å². The van der Waals surface area contributed by atoms with Crippen molar-refractivity contribution in [1.82, 2.24) is 15.0 Å². The third kappa shape index (κ3) is 4.60. The summed E-state index contributed by atoms with van der Waals surface area (Å²) in [7, 11) is 3.24. The number of halogens is 3. The summed E-state index contributed by atoms with van der Waals surface area (Å²) in [5.41, 5.74) is 0.753. The predicted molar refractivity (Wildman–Crippen MR) is 127 cm³/mol. The number of benzene rings is 2. The molecule has 0 saturated heterocycles. The molecule has 0 N–H and O–H groups in total. The van der Waals surface area contributed by atoms with E-state index in [0.717, 1.165) is 17.3 Å². The van der Waals surface area contributed by atoms with Crippen molar-refractivity contribution in [2.75, 3.05) is 19.1 Å². The number of nitrogens with zero attached hydrogens (tertiary/aromatic N) is 5. The molecule has 0 aliphatic heterocycles. The van der Waals surface area contributed by atoms with Crippen LogP contribution in [-0.2, 0) is 11.6 Å². The first-order valence-electron chi connectivity index (χ1n) is 10.7. The van der Waals surface area contributed by atoms with E-state index in [1.807, 2.05) is 50.1 Å². The standard InChI is InChI=1S/C26H22F3N5O/c1-25(2,15-30)17-8-10-18(11-9-17)34(3)23-19-12-7-16(14-21(19)32-24(33-23)35-4)22-20(26(27,28)29)6-5-13-31-22/h5-14H,1-4H3. The van der Waals surface area contributed by atoms with Crippen LogP contribution in [0.25, 0.3) is 22.2 Å². The topological polar surface area (TPSA) is 74.9 Å². The fourth-order valence-electron chi connectivity index (χ4n) is 3.74. The number of methoxy groups -OCH3 is 1. The number of rotatable bonds is 5. The second kappa shape index (κ2) is 8.87. The van der Waals surface area contributed by atoms with E-state index in [-0.39, 0.29) is 17.3 Å². The van der Waals surface area contributed by atoms with E-state index in [2.05, 4.69) is 21.0 Å². The molecule has 0 bridgehead atoms. The highest BCUT2D eigenvalue weighted by atomic mass is 19.4. The summed E-state index contributed by atoms with van der Waals surface area (Å²) in [5, 5.41) is 10.0. The Morgan fingerprint density at radius 2 is 1.71 bits per heavy atom. The van der Waals surface area contributed by atoms with Crippen molar-refractivity contribution >= 4 is 22.4 Å². The number of hydrogen-bond donors (Lipinski definition) is 0. The van der Waals surface area contributed by atoms with Crippen molar-refractivity contribution in [2.24, 2.45) is 0 Å². The summed E-state index contributed by atoms with van der Waals surface area (Å²) in [6, 6.07) is 17.0. The zero-order chi connectivity index (χ0) is 25.4. The van der Waals surface area contributed by atoms with Crippen LogP contribution in [-0.4, -0.2) is 29.1 Å². The van der Waals surface area contributed by atoms with Crippen molar-refractivity contribution in [3.8, 4) is 23.3 Å². The highest BCUT2D eigenvalue weighted by molar-refractivity contribution is 5.94. The van der Waals surface area contributed by atoms with Gasteiger partial charge in [0.15, 0.2) is 0 Å². The van der Waals surface area contributed by atoms with Crippen LogP contribution in [0.4, 0.5) is 24.7 Å². The van der Waals surface area contributed by atoms with Crippen LogP contribution in [0.3, 0.4) is 0 Å². The maximum atomic E-state index is 13.5. The van der Waals surface area contributed by atoms with Crippen LogP contribution < -0.4 is 9.64 Å². The average Bonchev–Trinajstić information content (AvgIpc) is 2.86.